The Morgan fingerprint density at radius 3 is 2.40 bits per heavy atom. The van der Waals surface area contributed by atoms with E-state index in [0.29, 0.717) is 11.0 Å². The lowest BCUT2D eigenvalue weighted by Crippen LogP contribution is -2.23. The molecule has 2 aromatic heterocycles. The average molecular weight is 332 g/mol. The third kappa shape index (κ3) is 2.83. The molecule has 1 N–H and O–H groups in total. The molecule has 124 valence electrons. The Morgan fingerprint density at radius 2 is 1.68 bits per heavy atom. The third-order valence-electron chi connectivity index (χ3n) is 4.11. The Hall–Kier alpha value is -3.25. The number of rotatable bonds is 4. The fraction of sp³-hybridized carbons (Fsp3) is 0.105. The largest absolute Gasteiger partial charge is 0.387 e. The first-order chi connectivity index (χ1) is 12.2. The zero-order chi connectivity index (χ0) is 17.2. The van der Waals surface area contributed by atoms with Crippen molar-refractivity contribution < 1.29 is 5.11 Å². The minimum absolute atomic E-state index is 0.141. The van der Waals surface area contributed by atoms with Crippen LogP contribution in [0.4, 0.5) is 0 Å². The molecule has 0 bridgehead atoms. The van der Waals surface area contributed by atoms with Gasteiger partial charge in [0.2, 0.25) is 0 Å². The van der Waals surface area contributed by atoms with Crippen LogP contribution in [0.1, 0.15) is 11.7 Å². The van der Waals surface area contributed by atoms with E-state index < -0.39 is 6.10 Å². The van der Waals surface area contributed by atoms with Crippen LogP contribution in [0.15, 0.2) is 78.0 Å². The number of hydrogen-bond acceptors (Lipinski definition) is 4. The molecule has 0 radical (unpaired) electrons. The highest BCUT2D eigenvalue weighted by Gasteiger charge is 2.14. The van der Waals surface area contributed by atoms with Gasteiger partial charge >= 0.3 is 0 Å². The summed E-state index contributed by atoms with van der Waals surface area (Å²) in [6.07, 6.45) is 2.20. The van der Waals surface area contributed by atoms with Gasteiger partial charge < -0.3 is 5.11 Å². The van der Waals surface area contributed by atoms with Crippen LogP contribution in [0.5, 0.6) is 0 Å². The minimum atomic E-state index is -0.776. The Balaban J connectivity index is 1.71. The molecule has 0 fully saturated rings. The molecule has 6 heteroatoms. The topological polar surface area (TPSA) is 72.9 Å². The van der Waals surface area contributed by atoms with Crippen molar-refractivity contribution in [1.29, 1.82) is 0 Å². The molecule has 0 unspecified atom stereocenters. The third-order valence-corrected chi connectivity index (χ3v) is 4.11. The number of aromatic nitrogens is 4. The number of para-hydroxylation sites is 1. The maximum absolute atomic E-state index is 12.7. The van der Waals surface area contributed by atoms with Crippen LogP contribution in [-0.4, -0.2) is 24.4 Å². The molecule has 4 rings (SSSR count). The fourth-order valence-corrected chi connectivity index (χ4v) is 2.80. The molecule has 0 spiro atoms. The summed E-state index contributed by atoms with van der Waals surface area (Å²) in [5.74, 6) is 0. The predicted molar refractivity (Wildman–Crippen MR) is 94.5 cm³/mol. The van der Waals surface area contributed by atoms with Crippen molar-refractivity contribution in [3.63, 3.8) is 0 Å². The first-order valence-electron chi connectivity index (χ1n) is 7.95. The Labute approximate surface area is 143 Å². The van der Waals surface area contributed by atoms with Crippen molar-refractivity contribution >= 4 is 11.0 Å². The van der Waals surface area contributed by atoms with E-state index in [-0.39, 0.29) is 12.1 Å². The Morgan fingerprint density at radius 1 is 1.00 bits per heavy atom. The molecular weight excluding hydrogens is 316 g/mol. The van der Waals surface area contributed by atoms with Gasteiger partial charge in [-0.2, -0.15) is 5.10 Å². The quantitative estimate of drug-likeness (QED) is 0.622. The SMILES string of the molecule is O=c1c2cnn(-c3ccccc3)c2ncn1C[C@@H](O)c1ccccc1. The summed E-state index contributed by atoms with van der Waals surface area (Å²) >= 11 is 0. The average Bonchev–Trinajstić information content (AvgIpc) is 3.10. The number of fused-ring (bicyclic) bond motifs is 1. The molecule has 0 aliphatic heterocycles. The van der Waals surface area contributed by atoms with E-state index in [2.05, 4.69) is 10.1 Å². The van der Waals surface area contributed by atoms with E-state index in [1.54, 1.807) is 4.68 Å². The van der Waals surface area contributed by atoms with Gasteiger partial charge in [0.1, 0.15) is 11.7 Å². The van der Waals surface area contributed by atoms with E-state index in [4.69, 9.17) is 0 Å². The Kier molecular flexibility index (Phi) is 3.87. The van der Waals surface area contributed by atoms with E-state index in [0.717, 1.165) is 11.3 Å². The maximum atomic E-state index is 12.7. The van der Waals surface area contributed by atoms with E-state index in [1.165, 1.54) is 17.1 Å². The number of hydrogen-bond donors (Lipinski definition) is 1. The van der Waals surface area contributed by atoms with Gasteiger partial charge in [0, 0.05) is 0 Å². The van der Waals surface area contributed by atoms with Gasteiger partial charge in [-0.3, -0.25) is 9.36 Å². The van der Waals surface area contributed by atoms with Crippen LogP contribution in [0.3, 0.4) is 0 Å². The van der Waals surface area contributed by atoms with Gasteiger partial charge in [-0.1, -0.05) is 48.5 Å². The monoisotopic (exact) mass is 332 g/mol. The lowest BCUT2D eigenvalue weighted by atomic mass is 10.1. The molecule has 2 aromatic carbocycles. The highest BCUT2D eigenvalue weighted by molar-refractivity contribution is 5.74. The van der Waals surface area contributed by atoms with Gasteiger partial charge in [0.25, 0.3) is 5.56 Å². The zero-order valence-corrected chi connectivity index (χ0v) is 13.4. The smallest absolute Gasteiger partial charge is 0.264 e. The van der Waals surface area contributed by atoms with Crippen molar-refractivity contribution in [3.8, 4) is 5.69 Å². The van der Waals surface area contributed by atoms with Crippen LogP contribution in [-0.2, 0) is 6.54 Å². The van der Waals surface area contributed by atoms with Crippen molar-refractivity contribution in [2.75, 3.05) is 0 Å². The molecule has 25 heavy (non-hydrogen) atoms. The highest BCUT2D eigenvalue weighted by Crippen LogP contribution is 2.16. The summed E-state index contributed by atoms with van der Waals surface area (Å²) in [5.41, 5.74) is 1.88. The van der Waals surface area contributed by atoms with Gasteiger partial charge in [-0.05, 0) is 17.7 Å². The first kappa shape index (κ1) is 15.3. The summed E-state index contributed by atoms with van der Waals surface area (Å²) in [7, 11) is 0. The lowest BCUT2D eigenvalue weighted by Gasteiger charge is -2.12. The molecule has 4 aromatic rings. The molecule has 0 saturated carbocycles. The summed E-state index contributed by atoms with van der Waals surface area (Å²) in [6, 6.07) is 18.8. The van der Waals surface area contributed by atoms with Gasteiger partial charge in [0.15, 0.2) is 5.65 Å². The van der Waals surface area contributed by atoms with Crippen molar-refractivity contribution in [3.05, 3.63) is 89.1 Å². The Bertz CT molecular complexity index is 1060. The van der Waals surface area contributed by atoms with Crippen LogP contribution in [0.25, 0.3) is 16.7 Å². The number of aliphatic hydroxyl groups is 1. The number of aliphatic hydroxyl groups excluding tert-OH is 1. The summed E-state index contributed by atoms with van der Waals surface area (Å²) in [6.45, 7) is 0.141. The first-order valence-corrected chi connectivity index (χ1v) is 7.95. The molecule has 0 aliphatic rings. The fourth-order valence-electron chi connectivity index (χ4n) is 2.80. The highest BCUT2D eigenvalue weighted by atomic mass is 16.3. The molecule has 0 saturated heterocycles. The standard InChI is InChI=1S/C19H16N4O2/c24-17(14-7-3-1-4-8-14)12-22-13-20-18-16(19(22)25)11-21-23(18)15-9-5-2-6-10-15/h1-11,13,17,24H,12H2/t17-/m1/s1. The van der Waals surface area contributed by atoms with Gasteiger partial charge in [0.05, 0.1) is 24.5 Å². The normalized spacial score (nSPS) is 12.4. The van der Waals surface area contributed by atoms with Crippen LogP contribution in [0, 0.1) is 0 Å². The number of benzene rings is 2. The second-order valence-corrected chi connectivity index (χ2v) is 5.76. The van der Waals surface area contributed by atoms with Crippen LogP contribution < -0.4 is 5.56 Å². The van der Waals surface area contributed by atoms with Crippen molar-refractivity contribution in [2.24, 2.45) is 0 Å². The number of nitrogens with zero attached hydrogens (tertiary/aromatic N) is 4. The second kappa shape index (κ2) is 6.33. The molecule has 0 amide bonds. The van der Waals surface area contributed by atoms with Crippen LogP contribution >= 0.6 is 0 Å². The lowest BCUT2D eigenvalue weighted by molar-refractivity contribution is 0.155. The van der Waals surface area contributed by atoms with Crippen molar-refractivity contribution in [2.45, 2.75) is 12.6 Å². The predicted octanol–water partition coefficient (Wildman–Crippen LogP) is 2.32. The molecule has 1 atom stereocenters. The van der Waals surface area contributed by atoms with E-state index in [9.17, 15) is 9.90 Å². The molecule has 6 nitrogen and oxygen atoms in total. The summed E-state index contributed by atoms with van der Waals surface area (Å²) in [5, 5.41) is 15.1. The summed E-state index contributed by atoms with van der Waals surface area (Å²) < 4.78 is 3.05. The molecular formula is C19H16N4O2. The van der Waals surface area contributed by atoms with E-state index in [1.807, 2.05) is 60.7 Å². The van der Waals surface area contributed by atoms with E-state index >= 15 is 0 Å². The van der Waals surface area contributed by atoms with Crippen molar-refractivity contribution in [1.82, 2.24) is 19.3 Å². The summed E-state index contributed by atoms with van der Waals surface area (Å²) in [4.78, 5) is 17.1. The van der Waals surface area contributed by atoms with Gasteiger partial charge in [-0.25, -0.2) is 9.67 Å². The maximum Gasteiger partial charge on any atom is 0.264 e. The second-order valence-electron chi connectivity index (χ2n) is 5.76. The molecule has 2 heterocycles. The van der Waals surface area contributed by atoms with Crippen LogP contribution in [0.2, 0.25) is 0 Å². The molecule has 0 aliphatic carbocycles. The van der Waals surface area contributed by atoms with Gasteiger partial charge in [-0.15, -0.1) is 0 Å². The zero-order valence-electron chi connectivity index (χ0n) is 13.4. The minimum Gasteiger partial charge on any atom is -0.387 e.